The van der Waals surface area contributed by atoms with E-state index in [2.05, 4.69) is 9.97 Å². The smallest absolute Gasteiger partial charge is 0.319 e. The molecule has 0 spiro atoms. The van der Waals surface area contributed by atoms with Crippen molar-refractivity contribution >= 4 is 27.5 Å². The molecular weight excluding hydrogens is 334 g/mol. The molecule has 2 heterocycles. The summed E-state index contributed by atoms with van der Waals surface area (Å²) < 4.78 is 27.4. The molecule has 1 amide bonds. The van der Waals surface area contributed by atoms with Crippen molar-refractivity contribution < 1.29 is 13.6 Å². The zero-order chi connectivity index (χ0) is 17.1. The molecular formula is C16H16F2N4OS. The van der Waals surface area contributed by atoms with E-state index in [1.807, 2.05) is 24.3 Å². The van der Waals surface area contributed by atoms with Gasteiger partial charge in [-0.25, -0.2) is 9.97 Å². The standard InChI is InChI=1S/C16H16F2N4OS/c1-21(10-13-19-8-9-22(13)16(17)18)15(23)7-6-14-20-11-4-2-3-5-12(11)24-14/h2-5,8-9,16H,6-7,10H2,1H3. The number of alkyl halides is 2. The Bertz CT molecular complexity index is 812. The summed E-state index contributed by atoms with van der Waals surface area (Å²) in [4.78, 5) is 22.0. The van der Waals surface area contributed by atoms with E-state index in [9.17, 15) is 13.6 Å². The quantitative estimate of drug-likeness (QED) is 0.684. The number of aromatic nitrogens is 3. The van der Waals surface area contributed by atoms with E-state index in [0.29, 0.717) is 6.42 Å². The van der Waals surface area contributed by atoms with Crippen molar-refractivity contribution in [2.24, 2.45) is 0 Å². The number of rotatable bonds is 6. The van der Waals surface area contributed by atoms with Crippen LogP contribution in [0.4, 0.5) is 8.78 Å². The lowest BCUT2D eigenvalue weighted by Gasteiger charge is -2.17. The van der Waals surface area contributed by atoms with E-state index in [1.165, 1.54) is 17.3 Å². The number of imidazole rings is 1. The lowest BCUT2D eigenvalue weighted by atomic mass is 10.3. The molecule has 8 heteroatoms. The Balaban J connectivity index is 1.58. The number of para-hydroxylation sites is 1. The number of hydrogen-bond donors (Lipinski definition) is 0. The molecule has 24 heavy (non-hydrogen) atoms. The monoisotopic (exact) mass is 350 g/mol. The van der Waals surface area contributed by atoms with E-state index >= 15 is 0 Å². The zero-order valence-electron chi connectivity index (χ0n) is 13.0. The third-order valence-corrected chi connectivity index (χ3v) is 4.75. The SMILES string of the molecule is CN(Cc1nccn1C(F)F)C(=O)CCc1nc2ccccc2s1. The summed E-state index contributed by atoms with van der Waals surface area (Å²) in [5.41, 5.74) is 0.928. The van der Waals surface area contributed by atoms with Gasteiger partial charge in [0.05, 0.1) is 21.8 Å². The fourth-order valence-corrected chi connectivity index (χ4v) is 3.34. The fraction of sp³-hybridized carbons (Fsp3) is 0.312. The van der Waals surface area contributed by atoms with E-state index in [4.69, 9.17) is 0 Å². The molecule has 0 fully saturated rings. The number of carbonyl (C=O) groups is 1. The van der Waals surface area contributed by atoms with Crippen molar-refractivity contribution in [2.75, 3.05) is 7.05 Å². The molecule has 126 valence electrons. The van der Waals surface area contributed by atoms with Crippen LogP contribution < -0.4 is 0 Å². The molecule has 2 aromatic heterocycles. The van der Waals surface area contributed by atoms with Crippen molar-refractivity contribution in [2.45, 2.75) is 25.9 Å². The van der Waals surface area contributed by atoms with Crippen LogP contribution in [0.15, 0.2) is 36.7 Å². The van der Waals surface area contributed by atoms with Crippen molar-refractivity contribution in [3.63, 3.8) is 0 Å². The summed E-state index contributed by atoms with van der Waals surface area (Å²) in [7, 11) is 1.59. The molecule has 0 saturated carbocycles. The predicted octanol–water partition coefficient (Wildman–Crippen LogP) is 3.48. The number of hydrogen-bond acceptors (Lipinski definition) is 4. The van der Waals surface area contributed by atoms with E-state index < -0.39 is 6.55 Å². The third kappa shape index (κ3) is 3.59. The molecule has 0 unspecified atom stereocenters. The van der Waals surface area contributed by atoms with Crippen LogP contribution in [0.1, 0.15) is 23.8 Å². The van der Waals surface area contributed by atoms with Crippen LogP contribution in [-0.2, 0) is 17.8 Å². The second kappa shape index (κ2) is 7.04. The highest BCUT2D eigenvalue weighted by Crippen LogP contribution is 2.22. The highest BCUT2D eigenvalue weighted by molar-refractivity contribution is 7.18. The number of benzene rings is 1. The average molecular weight is 350 g/mol. The third-order valence-electron chi connectivity index (χ3n) is 3.65. The van der Waals surface area contributed by atoms with E-state index in [1.54, 1.807) is 18.4 Å². The molecule has 3 aromatic rings. The Kier molecular flexibility index (Phi) is 4.84. The Morgan fingerprint density at radius 2 is 2.17 bits per heavy atom. The summed E-state index contributed by atoms with van der Waals surface area (Å²) >= 11 is 1.57. The van der Waals surface area contributed by atoms with Gasteiger partial charge in [-0.15, -0.1) is 11.3 Å². The molecule has 0 radical (unpaired) electrons. The first kappa shape index (κ1) is 16.5. The maximum absolute atomic E-state index is 12.8. The fourth-order valence-electron chi connectivity index (χ4n) is 2.38. The van der Waals surface area contributed by atoms with Crippen molar-refractivity contribution in [3.05, 3.63) is 47.5 Å². The number of halogens is 2. The van der Waals surface area contributed by atoms with Gasteiger partial charge in [0.1, 0.15) is 5.82 Å². The summed E-state index contributed by atoms with van der Waals surface area (Å²) in [6.45, 7) is -2.61. The minimum absolute atomic E-state index is 0.0516. The van der Waals surface area contributed by atoms with E-state index in [0.717, 1.165) is 19.8 Å². The number of thiazole rings is 1. The predicted molar refractivity (Wildman–Crippen MR) is 87.9 cm³/mol. The molecule has 0 atom stereocenters. The van der Waals surface area contributed by atoms with Gasteiger partial charge in [-0.1, -0.05) is 12.1 Å². The van der Waals surface area contributed by atoms with Gasteiger partial charge >= 0.3 is 6.55 Å². The van der Waals surface area contributed by atoms with E-state index in [-0.39, 0.29) is 24.7 Å². The van der Waals surface area contributed by atoms with Crippen LogP contribution >= 0.6 is 11.3 Å². The second-order valence-corrected chi connectivity index (χ2v) is 6.47. The molecule has 0 saturated heterocycles. The van der Waals surface area contributed by atoms with Gasteiger partial charge in [-0.3, -0.25) is 9.36 Å². The van der Waals surface area contributed by atoms with Gasteiger partial charge in [-0.2, -0.15) is 8.78 Å². The van der Waals surface area contributed by atoms with Gasteiger partial charge in [0.2, 0.25) is 5.91 Å². The topological polar surface area (TPSA) is 51.0 Å². The van der Waals surface area contributed by atoms with Crippen molar-refractivity contribution in [3.8, 4) is 0 Å². The minimum Gasteiger partial charge on any atom is -0.338 e. The van der Waals surface area contributed by atoms with Crippen LogP contribution in [0.5, 0.6) is 0 Å². The first-order chi connectivity index (χ1) is 11.5. The van der Waals surface area contributed by atoms with Crippen LogP contribution in [-0.4, -0.2) is 32.4 Å². The first-order valence-corrected chi connectivity index (χ1v) is 8.24. The molecule has 5 nitrogen and oxygen atoms in total. The first-order valence-electron chi connectivity index (χ1n) is 7.43. The lowest BCUT2D eigenvalue weighted by molar-refractivity contribution is -0.130. The Morgan fingerprint density at radius 3 is 2.92 bits per heavy atom. The summed E-state index contributed by atoms with van der Waals surface area (Å²) in [6, 6.07) is 7.81. The number of nitrogens with zero attached hydrogens (tertiary/aromatic N) is 4. The molecule has 0 aliphatic heterocycles. The van der Waals surface area contributed by atoms with Gasteiger partial charge in [0.15, 0.2) is 0 Å². The van der Waals surface area contributed by atoms with Crippen LogP contribution in [0.2, 0.25) is 0 Å². The number of amides is 1. The zero-order valence-corrected chi connectivity index (χ0v) is 13.8. The maximum Gasteiger partial charge on any atom is 0.319 e. The maximum atomic E-state index is 12.8. The number of carbonyl (C=O) groups excluding carboxylic acids is 1. The summed E-state index contributed by atoms with van der Waals surface area (Å²) in [5, 5.41) is 0.895. The van der Waals surface area contributed by atoms with Crippen molar-refractivity contribution in [1.29, 1.82) is 0 Å². The Labute approximate surface area is 141 Å². The summed E-state index contributed by atoms with van der Waals surface area (Å²) in [5.74, 6) is 0.0407. The van der Waals surface area contributed by atoms with Crippen LogP contribution in [0, 0.1) is 0 Å². The molecule has 0 N–H and O–H groups in total. The Morgan fingerprint density at radius 1 is 1.38 bits per heavy atom. The summed E-state index contributed by atoms with van der Waals surface area (Å²) in [6.07, 6.45) is 3.33. The van der Waals surface area contributed by atoms with Gasteiger partial charge in [0, 0.05) is 32.3 Å². The molecule has 0 aliphatic carbocycles. The highest BCUT2D eigenvalue weighted by atomic mass is 32.1. The largest absolute Gasteiger partial charge is 0.338 e. The number of fused-ring (bicyclic) bond motifs is 1. The average Bonchev–Trinajstić information content (AvgIpc) is 3.18. The van der Waals surface area contributed by atoms with Gasteiger partial charge in [0.25, 0.3) is 0 Å². The molecule has 0 aliphatic rings. The Hall–Kier alpha value is -2.35. The van der Waals surface area contributed by atoms with Gasteiger partial charge < -0.3 is 4.90 Å². The molecule has 1 aromatic carbocycles. The van der Waals surface area contributed by atoms with Crippen LogP contribution in [0.25, 0.3) is 10.2 Å². The normalized spacial score (nSPS) is 11.3. The second-order valence-electron chi connectivity index (χ2n) is 5.35. The highest BCUT2D eigenvalue weighted by Gasteiger charge is 2.16. The molecule has 3 rings (SSSR count). The lowest BCUT2D eigenvalue weighted by Crippen LogP contribution is -2.28. The van der Waals surface area contributed by atoms with Crippen LogP contribution in [0.3, 0.4) is 0 Å². The molecule has 0 bridgehead atoms. The number of aryl methyl sites for hydroxylation is 1. The van der Waals surface area contributed by atoms with Crippen molar-refractivity contribution in [1.82, 2.24) is 19.4 Å². The van der Waals surface area contributed by atoms with Gasteiger partial charge in [-0.05, 0) is 12.1 Å². The minimum atomic E-state index is -2.66.